The molecule has 0 saturated heterocycles. The summed E-state index contributed by atoms with van der Waals surface area (Å²) in [6.45, 7) is 0. The van der Waals surface area contributed by atoms with Gasteiger partial charge in [0.15, 0.2) is 0 Å². The fourth-order valence-corrected chi connectivity index (χ4v) is 2.44. The SMILES string of the molecule is Nc1cccc2c1C=CS2(=O)=O. The Bertz CT molecular complexity index is 460. The van der Waals surface area contributed by atoms with Gasteiger partial charge in [-0.1, -0.05) is 6.07 Å². The van der Waals surface area contributed by atoms with Gasteiger partial charge < -0.3 is 5.73 Å². The summed E-state index contributed by atoms with van der Waals surface area (Å²) in [4.78, 5) is 0.308. The van der Waals surface area contributed by atoms with Crippen molar-refractivity contribution < 1.29 is 8.42 Å². The third-order valence-electron chi connectivity index (χ3n) is 1.82. The van der Waals surface area contributed by atoms with Crippen LogP contribution in [0.4, 0.5) is 5.69 Å². The molecule has 0 radical (unpaired) electrons. The maximum atomic E-state index is 11.3. The monoisotopic (exact) mass is 181 g/mol. The van der Waals surface area contributed by atoms with E-state index in [0.717, 1.165) is 0 Å². The van der Waals surface area contributed by atoms with Crippen LogP contribution >= 0.6 is 0 Å². The van der Waals surface area contributed by atoms with Crippen molar-refractivity contribution in [2.45, 2.75) is 4.90 Å². The van der Waals surface area contributed by atoms with E-state index in [2.05, 4.69) is 0 Å². The van der Waals surface area contributed by atoms with Crippen molar-refractivity contribution in [1.29, 1.82) is 0 Å². The van der Waals surface area contributed by atoms with Crippen LogP contribution in [0.5, 0.6) is 0 Å². The van der Waals surface area contributed by atoms with E-state index < -0.39 is 9.84 Å². The Morgan fingerprint density at radius 2 is 2.00 bits per heavy atom. The Balaban J connectivity index is 2.86. The third kappa shape index (κ3) is 0.848. The lowest BCUT2D eigenvalue weighted by molar-refractivity contribution is 0.605. The van der Waals surface area contributed by atoms with Crippen molar-refractivity contribution in [2.24, 2.45) is 0 Å². The molecule has 1 aromatic rings. The summed E-state index contributed by atoms with van der Waals surface area (Å²) in [5, 5.41) is 1.17. The first-order valence-corrected chi connectivity index (χ1v) is 4.97. The summed E-state index contributed by atoms with van der Waals surface area (Å²) in [6.07, 6.45) is 1.53. The summed E-state index contributed by atoms with van der Waals surface area (Å²) in [5.41, 5.74) is 6.69. The first-order valence-electron chi connectivity index (χ1n) is 3.43. The quantitative estimate of drug-likeness (QED) is 0.608. The number of hydrogen-bond donors (Lipinski definition) is 1. The molecule has 4 heteroatoms. The van der Waals surface area contributed by atoms with E-state index in [1.165, 1.54) is 11.5 Å². The lowest BCUT2D eigenvalue weighted by Crippen LogP contribution is -1.95. The lowest BCUT2D eigenvalue weighted by Gasteiger charge is -1.99. The number of sulfone groups is 1. The molecule has 12 heavy (non-hydrogen) atoms. The Hall–Kier alpha value is -1.29. The van der Waals surface area contributed by atoms with Crippen LogP contribution in [0.25, 0.3) is 6.08 Å². The molecule has 0 spiro atoms. The Labute approximate surface area is 70.4 Å². The highest BCUT2D eigenvalue weighted by Gasteiger charge is 2.21. The van der Waals surface area contributed by atoms with E-state index in [0.29, 0.717) is 16.1 Å². The predicted molar refractivity (Wildman–Crippen MR) is 47.1 cm³/mol. The highest BCUT2D eigenvalue weighted by Crippen LogP contribution is 2.30. The van der Waals surface area contributed by atoms with E-state index in [9.17, 15) is 8.42 Å². The maximum absolute atomic E-state index is 11.3. The minimum atomic E-state index is -3.19. The van der Waals surface area contributed by atoms with Crippen LogP contribution in [0.15, 0.2) is 28.5 Å². The average Bonchev–Trinajstić information content (AvgIpc) is 2.30. The molecule has 1 heterocycles. The molecule has 0 fully saturated rings. The smallest absolute Gasteiger partial charge is 0.200 e. The summed E-state index contributed by atoms with van der Waals surface area (Å²) >= 11 is 0. The maximum Gasteiger partial charge on any atom is 0.200 e. The Morgan fingerprint density at radius 1 is 1.25 bits per heavy atom. The summed E-state index contributed by atoms with van der Waals surface area (Å²) < 4.78 is 22.5. The number of nitrogens with two attached hydrogens (primary N) is 1. The molecule has 1 aromatic carbocycles. The zero-order valence-corrected chi connectivity index (χ0v) is 7.01. The van der Waals surface area contributed by atoms with Gasteiger partial charge in [0.05, 0.1) is 4.90 Å². The van der Waals surface area contributed by atoms with Gasteiger partial charge in [-0.2, -0.15) is 0 Å². The second kappa shape index (κ2) is 2.10. The molecule has 62 valence electrons. The van der Waals surface area contributed by atoms with Crippen molar-refractivity contribution in [3.63, 3.8) is 0 Å². The van der Waals surface area contributed by atoms with E-state index in [1.807, 2.05) is 0 Å². The van der Waals surface area contributed by atoms with Crippen molar-refractivity contribution in [3.05, 3.63) is 29.2 Å². The second-order valence-corrected chi connectivity index (χ2v) is 4.41. The molecule has 0 aliphatic carbocycles. The molecule has 0 bridgehead atoms. The first-order chi connectivity index (χ1) is 5.61. The molecule has 0 unspecified atom stereocenters. The van der Waals surface area contributed by atoms with Gasteiger partial charge in [-0.25, -0.2) is 8.42 Å². The van der Waals surface area contributed by atoms with Crippen molar-refractivity contribution in [2.75, 3.05) is 5.73 Å². The molecule has 0 aromatic heterocycles. The summed E-state index contributed by atoms with van der Waals surface area (Å²) in [6, 6.07) is 4.88. The minimum absolute atomic E-state index is 0.308. The van der Waals surface area contributed by atoms with Crippen molar-refractivity contribution in [3.8, 4) is 0 Å². The summed E-state index contributed by atoms with van der Waals surface area (Å²) in [7, 11) is -3.19. The standard InChI is InChI=1S/C8H7NO2S/c9-7-2-1-3-8-6(7)4-5-12(8,10)11/h1-5H,9H2. The Kier molecular flexibility index (Phi) is 1.29. The lowest BCUT2D eigenvalue weighted by atomic mass is 10.2. The third-order valence-corrected chi connectivity index (χ3v) is 3.28. The van der Waals surface area contributed by atoms with Gasteiger partial charge in [0.25, 0.3) is 0 Å². The van der Waals surface area contributed by atoms with Crippen LogP contribution < -0.4 is 5.73 Å². The first kappa shape index (κ1) is 7.36. The van der Waals surface area contributed by atoms with Crippen LogP contribution in [0.3, 0.4) is 0 Å². The van der Waals surface area contributed by atoms with Gasteiger partial charge in [0.1, 0.15) is 0 Å². The molecule has 2 N–H and O–H groups in total. The van der Waals surface area contributed by atoms with E-state index in [-0.39, 0.29) is 0 Å². The molecule has 3 nitrogen and oxygen atoms in total. The summed E-state index contributed by atoms with van der Waals surface area (Å²) in [5.74, 6) is 0. The topological polar surface area (TPSA) is 60.2 Å². The molecule has 2 rings (SSSR count). The molecule has 0 saturated carbocycles. The molecule has 1 aliphatic rings. The van der Waals surface area contributed by atoms with Crippen LogP contribution in [-0.2, 0) is 9.84 Å². The largest absolute Gasteiger partial charge is 0.398 e. The average molecular weight is 181 g/mol. The van der Waals surface area contributed by atoms with Crippen molar-refractivity contribution >= 4 is 21.6 Å². The normalized spacial score (nSPS) is 17.7. The second-order valence-electron chi connectivity index (χ2n) is 2.61. The number of anilines is 1. The zero-order valence-electron chi connectivity index (χ0n) is 6.19. The van der Waals surface area contributed by atoms with Gasteiger partial charge in [0.2, 0.25) is 9.84 Å². The van der Waals surface area contributed by atoms with E-state index in [1.54, 1.807) is 18.2 Å². The van der Waals surface area contributed by atoms with Gasteiger partial charge in [-0.3, -0.25) is 0 Å². The van der Waals surface area contributed by atoms with Crippen LogP contribution in [0.1, 0.15) is 5.56 Å². The van der Waals surface area contributed by atoms with Gasteiger partial charge in [0, 0.05) is 16.7 Å². The fourth-order valence-electron chi connectivity index (χ4n) is 1.22. The zero-order chi connectivity index (χ0) is 8.77. The van der Waals surface area contributed by atoms with Gasteiger partial charge in [-0.05, 0) is 18.2 Å². The minimum Gasteiger partial charge on any atom is -0.398 e. The van der Waals surface area contributed by atoms with E-state index in [4.69, 9.17) is 5.73 Å². The van der Waals surface area contributed by atoms with Crippen LogP contribution in [-0.4, -0.2) is 8.42 Å². The highest BCUT2D eigenvalue weighted by atomic mass is 32.2. The molecule has 0 amide bonds. The van der Waals surface area contributed by atoms with Crippen molar-refractivity contribution in [1.82, 2.24) is 0 Å². The molecular weight excluding hydrogens is 174 g/mol. The van der Waals surface area contributed by atoms with E-state index >= 15 is 0 Å². The van der Waals surface area contributed by atoms with Crippen LogP contribution in [0, 0.1) is 0 Å². The number of rotatable bonds is 0. The molecular formula is C8H7NO2S. The molecule has 1 aliphatic heterocycles. The van der Waals surface area contributed by atoms with Gasteiger partial charge >= 0.3 is 0 Å². The highest BCUT2D eigenvalue weighted by molar-refractivity contribution is 7.94. The van der Waals surface area contributed by atoms with Crippen LogP contribution in [0.2, 0.25) is 0 Å². The number of nitrogen functional groups attached to an aromatic ring is 1. The predicted octanol–water partition coefficient (Wildman–Crippen LogP) is 1.03. The van der Waals surface area contributed by atoms with Gasteiger partial charge in [-0.15, -0.1) is 0 Å². The number of hydrogen-bond acceptors (Lipinski definition) is 3. The fraction of sp³-hybridized carbons (Fsp3) is 0. The molecule has 0 atom stereocenters. The number of fused-ring (bicyclic) bond motifs is 1. The Morgan fingerprint density at radius 3 is 2.67 bits per heavy atom. The number of benzene rings is 1.